The summed E-state index contributed by atoms with van der Waals surface area (Å²) >= 11 is 0. The topological polar surface area (TPSA) is 3.24 Å². The van der Waals surface area contributed by atoms with Gasteiger partial charge in [-0.1, -0.05) is 171 Å². The lowest BCUT2D eigenvalue weighted by Crippen LogP contribution is -2.22. The molecule has 0 N–H and O–H groups in total. The van der Waals surface area contributed by atoms with Crippen LogP contribution in [-0.2, 0) is 11.8 Å². The van der Waals surface area contributed by atoms with Crippen LogP contribution in [0.2, 0.25) is 0 Å². The van der Waals surface area contributed by atoms with Gasteiger partial charge in [0.05, 0.1) is 5.69 Å². The Kier molecular flexibility index (Phi) is 9.13. The molecule has 0 saturated heterocycles. The maximum Gasteiger partial charge on any atom is 0.0508 e. The fourth-order valence-corrected chi connectivity index (χ4v) is 11.6. The van der Waals surface area contributed by atoms with Gasteiger partial charge < -0.3 is 4.90 Å². The third-order valence-electron chi connectivity index (χ3n) is 14.9. The van der Waals surface area contributed by atoms with Crippen molar-refractivity contribution in [3.8, 4) is 55.6 Å². The molecule has 1 fully saturated rings. The highest BCUT2D eigenvalue weighted by molar-refractivity contribution is 5.96. The van der Waals surface area contributed by atoms with Crippen LogP contribution in [0.3, 0.4) is 0 Å². The number of hydrogen-bond acceptors (Lipinski definition) is 1. The van der Waals surface area contributed by atoms with Crippen LogP contribution < -0.4 is 4.90 Å². The molecule has 0 unspecified atom stereocenters. The Morgan fingerprint density at radius 3 is 1.98 bits per heavy atom. The van der Waals surface area contributed by atoms with E-state index in [1.165, 1.54) is 130 Å². The molecular weight excluding hydrogens is 771 g/mol. The van der Waals surface area contributed by atoms with E-state index < -0.39 is 0 Å². The van der Waals surface area contributed by atoms with E-state index in [0.29, 0.717) is 5.92 Å². The van der Waals surface area contributed by atoms with Crippen molar-refractivity contribution in [3.63, 3.8) is 0 Å². The summed E-state index contributed by atoms with van der Waals surface area (Å²) in [5.74, 6) is 0.590. The molecule has 0 atom stereocenters. The molecule has 4 aliphatic carbocycles. The molecule has 12 rings (SSSR count). The van der Waals surface area contributed by atoms with Crippen LogP contribution in [0.4, 0.5) is 17.1 Å². The second-order valence-corrected chi connectivity index (χ2v) is 19.1. The average Bonchev–Trinajstić information content (AvgIpc) is 4.06. The normalized spacial score (nSPS) is 15.4. The van der Waals surface area contributed by atoms with E-state index in [1.54, 1.807) is 5.57 Å². The summed E-state index contributed by atoms with van der Waals surface area (Å²) in [4.78, 5) is 2.53. The van der Waals surface area contributed by atoms with E-state index in [1.807, 2.05) is 0 Å². The van der Waals surface area contributed by atoms with Crippen molar-refractivity contribution in [1.82, 2.24) is 0 Å². The number of anilines is 3. The lowest BCUT2D eigenvalue weighted by atomic mass is 9.77. The number of rotatable bonds is 8. The third kappa shape index (κ3) is 6.28. The third-order valence-corrected chi connectivity index (χ3v) is 14.9. The highest BCUT2D eigenvalue weighted by Crippen LogP contribution is 2.56. The predicted octanol–water partition coefficient (Wildman–Crippen LogP) is 17.3. The molecule has 1 nitrogen and oxygen atoms in total. The van der Waals surface area contributed by atoms with Gasteiger partial charge in [0.25, 0.3) is 0 Å². The van der Waals surface area contributed by atoms with Gasteiger partial charge in [-0.15, -0.1) is 0 Å². The molecule has 1 heteroatoms. The van der Waals surface area contributed by atoms with E-state index in [9.17, 15) is 0 Å². The van der Waals surface area contributed by atoms with Crippen molar-refractivity contribution in [2.45, 2.75) is 71.1 Å². The molecule has 0 radical (unpaired) electrons. The van der Waals surface area contributed by atoms with Crippen molar-refractivity contribution in [3.05, 3.63) is 227 Å². The molecule has 0 bridgehead atoms. The summed E-state index contributed by atoms with van der Waals surface area (Å²) in [7, 11) is 0. The summed E-state index contributed by atoms with van der Waals surface area (Å²) in [6.07, 6.45) is 10.4. The highest BCUT2D eigenvalue weighted by atomic mass is 15.1. The molecule has 0 aromatic heterocycles. The van der Waals surface area contributed by atoms with Crippen LogP contribution in [0, 0.1) is 13.8 Å². The number of fused-ring (bicyclic) bond motifs is 5. The van der Waals surface area contributed by atoms with Gasteiger partial charge in [-0.3, -0.25) is 0 Å². The molecule has 0 aliphatic heterocycles. The number of aryl methyl sites for hydroxylation is 2. The standard InChI is InChI=1S/C63H53N/c1-40-15-8-9-19-49(40)52-22-13-23-55-58(52)39-46-18-12-21-51(61(46)55)45-31-35-53(57(38-45)44-27-28-44)50-36-34-48(37-41(50)2)64(47-32-29-43(30-33-47)42-16-6-5-7-17-42)60-26-14-24-56-54-20-10-11-25-59(54)63(3,4)62(56)60/h5-10,12-24,26,29-38,44H,11,25,27-28,39H2,1-4H3. The summed E-state index contributed by atoms with van der Waals surface area (Å²) < 4.78 is 0. The van der Waals surface area contributed by atoms with Crippen molar-refractivity contribution in [2.75, 3.05) is 4.90 Å². The lowest BCUT2D eigenvalue weighted by Gasteiger charge is -2.33. The van der Waals surface area contributed by atoms with Crippen LogP contribution in [-0.4, -0.2) is 0 Å². The van der Waals surface area contributed by atoms with E-state index in [2.05, 4.69) is 215 Å². The van der Waals surface area contributed by atoms with Crippen molar-refractivity contribution >= 4 is 22.6 Å². The summed E-state index contributed by atoms with van der Waals surface area (Å²) in [6, 6.07) is 64.2. The Hall–Kier alpha value is -6.96. The number of allylic oxidation sites excluding steroid dienone is 4. The monoisotopic (exact) mass is 823 g/mol. The fraction of sp³-hybridized carbons (Fsp3) is 0.175. The number of benzene rings is 8. The van der Waals surface area contributed by atoms with Gasteiger partial charge in [0.2, 0.25) is 0 Å². The molecule has 310 valence electrons. The van der Waals surface area contributed by atoms with Crippen molar-refractivity contribution < 1.29 is 0 Å². The maximum absolute atomic E-state index is 2.54. The minimum absolute atomic E-state index is 0.0751. The molecular formula is C63H53N. The zero-order valence-electron chi connectivity index (χ0n) is 37.4. The molecule has 4 aliphatic rings. The van der Waals surface area contributed by atoms with Crippen LogP contribution in [0.25, 0.3) is 61.2 Å². The van der Waals surface area contributed by atoms with Gasteiger partial charge in [0, 0.05) is 16.8 Å². The minimum atomic E-state index is -0.0751. The maximum atomic E-state index is 2.54. The van der Waals surface area contributed by atoms with Gasteiger partial charge in [-0.2, -0.15) is 0 Å². The summed E-state index contributed by atoms with van der Waals surface area (Å²) in [6.45, 7) is 9.43. The Morgan fingerprint density at radius 1 is 0.516 bits per heavy atom. The van der Waals surface area contributed by atoms with E-state index >= 15 is 0 Å². The van der Waals surface area contributed by atoms with E-state index in [0.717, 1.165) is 19.3 Å². The first-order valence-electron chi connectivity index (χ1n) is 23.4. The smallest absolute Gasteiger partial charge is 0.0508 e. The Balaban J connectivity index is 0.949. The Bertz CT molecular complexity index is 3230. The lowest BCUT2D eigenvalue weighted by molar-refractivity contribution is 0.608. The quantitative estimate of drug-likeness (QED) is 0.148. The van der Waals surface area contributed by atoms with Crippen LogP contribution >= 0.6 is 0 Å². The molecule has 0 spiro atoms. The average molecular weight is 824 g/mol. The molecule has 8 aromatic rings. The summed E-state index contributed by atoms with van der Waals surface area (Å²) in [5, 5.41) is 0. The van der Waals surface area contributed by atoms with Crippen LogP contribution in [0.15, 0.2) is 188 Å². The first-order chi connectivity index (χ1) is 31.3. The Morgan fingerprint density at radius 2 is 1.17 bits per heavy atom. The number of hydrogen-bond donors (Lipinski definition) is 0. The Labute approximate surface area is 379 Å². The van der Waals surface area contributed by atoms with E-state index in [-0.39, 0.29) is 5.41 Å². The molecule has 1 saturated carbocycles. The van der Waals surface area contributed by atoms with Crippen molar-refractivity contribution in [2.24, 2.45) is 0 Å². The summed E-state index contributed by atoms with van der Waals surface area (Å²) in [5.41, 5.74) is 29.6. The second-order valence-electron chi connectivity index (χ2n) is 19.1. The molecule has 8 aromatic carbocycles. The first-order valence-corrected chi connectivity index (χ1v) is 23.4. The number of nitrogens with zero attached hydrogens (tertiary/aromatic N) is 1. The zero-order valence-corrected chi connectivity index (χ0v) is 37.4. The fourth-order valence-electron chi connectivity index (χ4n) is 11.6. The van der Waals surface area contributed by atoms with E-state index in [4.69, 9.17) is 0 Å². The largest absolute Gasteiger partial charge is 0.310 e. The molecule has 0 heterocycles. The minimum Gasteiger partial charge on any atom is -0.310 e. The van der Waals surface area contributed by atoms with Gasteiger partial charge in [0.1, 0.15) is 0 Å². The van der Waals surface area contributed by atoms with Gasteiger partial charge in [-0.25, -0.2) is 0 Å². The zero-order chi connectivity index (χ0) is 43.1. The first kappa shape index (κ1) is 38.7. The SMILES string of the molecule is Cc1cc(N(c2ccc(-c3ccccc3)cc2)c2cccc3c2C(C)(C)C2=C3C=CCC2)ccc1-c1ccc(-c2cccc3c2-c2cccc(-c4ccccc4C)c2C3)cc1C1CC1. The van der Waals surface area contributed by atoms with Gasteiger partial charge >= 0.3 is 0 Å². The predicted molar refractivity (Wildman–Crippen MR) is 271 cm³/mol. The molecule has 0 amide bonds. The van der Waals surface area contributed by atoms with Crippen molar-refractivity contribution in [1.29, 1.82) is 0 Å². The molecule has 64 heavy (non-hydrogen) atoms. The van der Waals surface area contributed by atoms with Crippen LogP contribution in [0.1, 0.15) is 84.4 Å². The van der Waals surface area contributed by atoms with Gasteiger partial charge in [-0.05, 0) is 182 Å². The highest BCUT2D eigenvalue weighted by Gasteiger charge is 2.40. The van der Waals surface area contributed by atoms with Crippen LogP contribution in [0.5, 0.6) is 0 Å². The second kappa shape index (κ2) is 15.1. The van der Waals surface area contributed by atoms with Gasteiger partial charge in [0.15, 0.2) is 0 Å².